The lowest BCUT2D eigenvalue weighted by atomic mass is 9.56. The third-order valence-corrected chi connectivity index (χ3v) is 8.18. The number of likely N-dealkylation sites (N-methyl/N-ethyl adjacent to an activating group) is 1. The van der Waals surface area contributed by atoms with Crippen molar-refractivity contribution in [1.82, 2.24) is 15.1 Å². The van der Waals surface area contributed by atoms with Crippen molar-refractivity contribution in [2.45, 2.75) is 30.6 Å². The molecule has 0 saturated carbocycles. The van der Waals surface area contributed by atoms with Crippen molar-refractivity contribution in [3.8, 4) is 0 Å². The Balaban J connectivity index is 1.27. The van der Waals surface area contributed by atoms with Gasteiger partial charge in [0, 0.05) is 43.5 Å². The number of nitrogens with one attached hydrogen (secondary N) is 1. The van der Waals surface area contributed by atoms with Gasteiger partial charge in [-0.1, -0.05) is 42.5 Å². The molecule has 1 unspecified atom stereocenters. The van der Waals surface area contributed by atoms with Crippen LogP contribution in [-0.2, 0) is 21.3 Å². The first-order valence-electron chi connectivity index (χ1n) is 13.1. The van der Waals surface area contributed by atoms with Crippen LogP contribution in [0.15, 0.2) is 54.6 Å². The van der Waals surface area contributed by atoms with Crippen LogP contribution >= 0.6 is 0 Å². The van der Waals surface area contributed by atoms with Gasteiger partial charge in [-0.2, -0.15) is 0 Å². The van der Waals surface area contributed by atoms with Crippen LogP contribution < -0.4 is 10.2 Å². The number of carbonyl (C=O) groups excluding carboxylic acids is 3. The van der Waals surface area contributed by atoms with Gasteiger partial charge in [0.25, 0.3) is 5.91 Å². The predicted molar refractivity (Wildman–Crippen MR) is 148 cm³/mol. The first-order valence-corrected chi connectivity index (χ1v) is 13.1. The summed E-state index contributed by atoms with van der Waals surface area (Å²) in [7, 11) is 15.3. The summed E-state index contributed by atoms with van der Waals surface area (Å²) >= 11 is 0. The highest BCUT2D eigenvalue weighted by molar-refractivity contribution is 6.39. The van der Waals surface area contributed by atoms with E-state index < -0.39 is 17.3 Å². The summed E-state index contributed by atoms with van der Waals surface area (Å²) in [6.45, 7) is 3.51. The average Bonchev–Trinajstić information content (AvgIpc) is 3.19. The molecule has 1 atom stereocenters. The molecule has 2 saturated heterocycles. The summed E-state index contributed by atoms with van der Waals surface area (Å²) in [5.41, 5.74) is 4.37. The number of nitrogens with zero attached hydrogens (tertiary/aromatic N) is 3. The molecule has 0 aliphatic carbocycles. The minimum atomic E-state index is -1.03. The SMILES string of the molecule is [B]C([B])(c1ccc(Cc2ccc3c4c(cccc24)C(=O)N3C2CCC(=O)NC2=O)cc1)N1CCN(C)CC1. The van der Waals surface area contributed by atoms with E-state index in [0.29, 0.717) is 18.4 Å². The summed E-state index contributed by atoms with van der Waals surface area (Å²) in [6.07, 6.45) is 1.21. The Morgan fingerprint density at radius 3 is 2.39 bits per heavy atom. The summed E-state index contributed by atoms with van der Waals surface area (Å²) in [6, 6.07) is 17.1. The van der Waals surface area contributed by atoms with Crippen molar-refractivity contribution in [2.24, 2.45) is 0 Å². The van der Waals surface area contributed by atoms with Gasteiger partial charge in [0.15, 0.2) is 0 Å². The fraction of sp³-hybridized carbons (Fsp3) is 0.345. The van der Waals surface area contributed by atoms with Crippen molar-refractivity contribution in [1.29, 1.82) is 0 Å². The van der Waals surface area contributed by atoms with Gasteiger partial charge in [0.05, 0.1) is 21.4 Å². The maximum Gasteiger partial charge on any atom is 0.259 e. The van der Waals surface area contributed by atoms with Crippen LogP contribution in [0.5, 0.6) is 0 Å². The molecule has 1 N–H and O–H groups in total. The molecule has 188 valence electrons. The third kappa shape index (κ3) is 4.14. The lowest BCUT2D eigenvalue weighted by Gasteiger charge is -2.44. The molecular formula is C29H28B2N4O3. The van der Waals surface area contributed by atoms with Gasteiger partial charge >= 0.3 is 0 Å². The smallest absolute Gasteiger partial charge is 0.259 e. The van der Waals surface area contributed by atoms with Gasteiger partial charge < -0.3 is 9.80 Å². The molecule has 7 nitrogen and oxygen atoms in total. The second-order valence-corrected chi connectivity index (χ2v) is 10.6. The Kier molecular flexibility index (Phi) is 6.16. The second-order valence-electron chi connectivity index (χ2n) is 10.6. The molecule has 9 heteroatoms. The maximum absolute atomic E-state index is 13.4. The lowest BCUT2D eigenvalue weighted by Crippen LogP contribution is -2.55. The molecule has 3 heterocycles. The van der Waals surface area contributed by atoms with Crippen LogP contribution in [0.2, 0.25) is 0 Å². The van der Waals surface area contributed by atoms with Crippen LogP contribution in [0.4, 0.5) is 5.69 Å². The predicted octanol–water partition coefficient (Wildman–Crippen LogP) is 1.89. The quantitative estimate of drug-likeness (QED) is 0.427. The van der Waals surface area contributed by atoms with Gasteiger partial charge in [-0.15, -0.1) is 0 Å². The minimum Gasteiger partial charge on any atom is -0.308 e. The topological polar surface area (TPSA) is 73.0 Å². The highest BCUT2D eigenvalue weighted by atomic mass is 16.2. The first kappa shape index (κ1) is 24.9. The zero-order valence-electron chi connectivity index (χ0n) is 21.4. The summed E-state index contributed by atoms with van der Waals surface area (Å²) in [5, 5.41) is 3.19. The summed E-state index contributed by atoms with van der Waals surface area (Å²) in [4.78, 5) is 43.6. The molecule has 3 aromatic carbocycles. The molecule has 0 aromatic heterocycles. The van der Waals surface area contributed by atoms with Crippen molar-refractivity contribution in [2.75, 3.05) is 38.1 Å². The normalized spacial score (nSPS) is 20.8. The van der Waals surface area contributed by atoms with Crippen molar-refractivity contribution in [3.05, 3.63) is 76.9 Å². The summed E-state index contributed by atoms with van der Waals surface area (Å²) in [5.74, 6) is -0.924. The largest absolute Gasteiger partial charge is 0.308 e. The number of anilines is 1. The number of amides is 3. The Labute approximate surface area is 225 Å². The van der Waals surface area contributed by atoms with Crippen molar-refractivity contribution < 1.29 is 14.4 Å². The molecular weight excluding hydrogens is 474 g/mol. The van der Waals surface area contributed by atoms with Gasteiger partial charge in [0.2, 0.25) is 11.8 Å². The van der Waals surface area contributed by atoms with E-state index in [4.69, 9.17) is 15.7 Å². The summed E-state index contributed by atoms with van der Waals surface area (Å²) < 4.78 is 0. The van der Waals surface area contributed by atoms with Crippen molar-refractivity contribution in [3.63, 3.8) is 0 Å². The molecule has 38 heavy (non-hydrogen) atoms. The second kappa shape index (κ2) is 9.40. The number of hydrogen-bond acceptors (Lipinski definition) is 5. The number of hydrogen-bond donors (Lipinski definition) is 1. The number of carbonyl (C=O) groups is 3. The van der Waals surface area contributed by atoms with Gasteiger partial charge in [-0.05, 0) is 59.4 Å². The van der Waals surface area contributed by atoms with Gasteiger partial charge in [-0.3, -0.25) is 24.6 Å². The molecule has 3 amide bonds. The Hall–Kier alpha value is -3.42. The number of piperazine rings is 1. The Morgan fingerprint density at radius 2 is 1.68 bits per heavy atom. The average molecular weight is 502 g/mol. The van der Waals surface area contributed by atoms with Crippen LogP contribution in [0, 0.1) is 0 Å². The highest BCUT2D eigenvalue weighted by Gasteiger charge is 2.40. The molecule has 4 radical (unpaired) electrons. The Morgan fingerprint density at radius 1 is 0.947 bits per heavy atom. The fourth-order valence-corrected chi connectivity index (χ4v) is 5.93. The zero-order valence-corrected chi connectivity index (χ0v) is 21.4. The van der Waals surface area contributed by atoms with E-state index in [9.17, 15) is 14.4 Å². The van der Waals surface area contributed by atoms with Crippen molar-refractivity contribution >= 4 is 49.9 Å². The monoisotopic (exact) mass is 502 g/mol. The van der Waals surface area contributed by atoms with Crippen LogP contribution in [-0.4, -0.2) is 82.5 Å². The van der Waals surface area contributed by atoms with E-state index in [0.717, 1.165) is 59.3 Å². The van der Waals surface area contributed by atoms with E-state index in [1.807, 2.05) is 36.4 Å². The third-order valence-electron chi connectivity index (χ3n) is 8.18. The van der Waals surface area contributed by atoms with E-state index in [1.54, 1.807) is 11.0 Å². The van der Waals surface area contributed by atoms with Gasteiger partial charge in [0.1, 0.15) is 6.04 Å². The number of benzene rings is 3. The number of imide groups is 1. The number of piperidine rings is 1. The maximum atomic E-state index is 13.4. The molecule has 3 aliphatic heterocycles. The van der Waals surface area contributed by atoms with Gasteiger partial charge in [-0.25, -0.2) is 0 Å². The molecule has 3 aliphatic rings. The minimum absolute atomic E-state index is 0.201. The van der Waals surface area contributed by atoms with Crippen LogP contribution in [0.1, 0.15) is 39.9 Å². The zero-order chi connectivity index (χ0) is 26.6. The van der Waals surface area contributed by atoms with E-state index in [-0.39, 0.29) is 18.2 Å². The fourth-order valence-electron chi connectivity index (χ4n) is 5.93. The molecule has 2 fully saturated rings. The molecule has 0 spiro atoms. The number of rotatable bonds is 5. The lowest BCUT2D eigenvalue weighted by molar-refractivity contribution is -0.134. The standard InChI is InChI=1S/C29H28B2N4O3/c1-33-13-15-34(16-14-33)29(30,31)20-8-5-18(6-9-20)17-19-7-10-23-26-21(19)3-2-4-22(26)28(38)35(23)24-11-12-25(36)32-27(24)37/h2-10,24H,11-17H2,1H3,(H,32,36,37). The van der Waals surface area contributed by atoms with Crippen LogP contribution in [0.3, 0.4) is 0 Å². The van der Waals surface area contributed by atoms with Crippen LogP contribution in [0.25, 0.3) is 10.8 Å². The Bertz CT molecular complexity index is 1450. The first-order chi connectivity index (χ1) is 18.2. The molecule has 0 bridgehead atoms. The van der Waals surface area contributed by atoms with E-state index in [1.165, 1.54) is 0 Å². The highest BCUT2D eigenvalue weighted by Crippen LogP contribution is 2.41. The van der Waals surface area contributed by atoms with E-state index in [2.05, 4.69) is 34.3 Å². The van der Waals surface area contributed by atoms with E-state index >= 15 is 0 Å². The molecule has 6 rings (SSSR count). The molecule has 3 aromatic rings.